The van der Waals surface area contributed by atoms with Gasteiger partial charge >= 0.3 is 6.18 Å². The SMILES string of the molecule is CCCNC(CCCC(C)(C)C)CCC(F)(F)F. The number of halogens is 3. The van der Waals surface area contributed by atoms with E-state index in [0.29, 0.717) is 0 Å². The third-order valence-corrected chi connectivity index (χ3v) is 2.94. The van der Waals surface area contributed by atoms with Crippen molar-refractivity contribution in [3.05, 3.63) is 0 Å². The minimum absolute atomic E-state index is 0.00826. The van der Waals surface area contributed by atoms with Gasteiger partial charge < -0.3 is 5.32 Å². The van der Waals surface area contributed by atoms with E-state index in [1.807, 2.05) is 6.92 Å². The molecule has 0 saturated carbocycles. The molecule has 18 heavy (non-hydrogen) atoms. The molecule has 1 atom stereocenters. The molecule has 1 nitrogen and oxygen atoms in total. The fourth-order valence-electron chi connectivity index (χ4n) is 1.91. The third-order valence-electron chi connectivity index (χ3n) is 2.94. The molecule has 0 aromatic rings. The number of alkyl halides is 3. The highest BCUT2D eigenvalue weighted by molar-refractivity contribution is 4.71. The molecule has 1 N–H and O–H groups in total. The van der Waals surface area contributed by atoms with Gasteiger partial charge in [-0.3, -0.25) is 0 Å². The van der Waals surface area contributed by atoms with Crippen molar-refractivity contribution in [3.8, 4) is 0 Å². The average molecular weight is 267 g/mol. The summed E-state index contributed by atoms with van der Waals surface area (Å²) in [6.45, 7) is 9.33. The maximum absolute atomic E-state index is 12.2. The van der Waals surface area contributed by atoms with E-state index in [4.69, 9.17) is 0 Å². The monoisotopic (exact) mass is 267 g/mol. The van der Waals surface area contributed by atoms with Crippen LogP contribution in [-0.4, -0.2) is 18.8 Å². The van der Waals surface area contributed by atoms with Crippen molar-refractivity contribution in [3.63, 3.8) is 0 Å². The minimum atomic E-state index is -4.03. The predicted octanol–water partition coefficient (Wildman–Crippen LogP) is 4.91. The molecule has 0 aliphatic rings. The summed E-state index contributed by atoms with van der Waals surface area (Å²) in [5, 5.41) is 3.23. The van der Waals surface area contributed by atoms with Crippen molar-refractivity contribution in [2.24, 2.45) is 5.41 Å². The van der Waals surface area contributed by atoms with Crippen LogP contribution in [0.5, 0.6) is 0 Å². The van der Waals surface area contributed by atoms with Crippen LogP contribution in [0.2, 0.25) is 0 Å². The van der Waals surface area contributed by atoms with Crippen molar-refractivity contribution in [1.82, 2.24) is 5.32 Å². The van der Waals surface area contributed by atoms with Gasteiger partial charge in [-0.1, -0.05) is 34.1 Å². The van der Waals surface area contributed by atoms with Crippen molar-refractivity contribution < 1.29 is 13.2 Å². The summed E-state index contributed by atoms with van der Waals surface area (Å²) < 4.78 is 36.7. The van der Waals surface area contributed by atoms with Crippen LogP contribution in [0.3, 0.4) is 0 Å². The summed E-state index contributed by atoms with van der Waals surface area (Å²) in [7, 11) is 0. The Hall–Kier alpha value is -0.250. The normalized spacial score (nSPS) is 14.8. The zero-order valence-electron chi connectivity index (χ0n) is 12.2. The Kier molecular flexibility index (Phi) is 7.92. The molecule has 110 valence electrons. The molecular formula is C14H28F3N. The van der Waals surface area contributed by atoms with E-state index < -0.39 is 12.6 Å². The van der Waals surface area contributed by atoms with Crippen LogP contribution in [0.4, 0.5) is 13.2 Å². The lowest BCUT2D eigenvalue weighted by Crippen LogP contribution is -2.31. The third kappa shape index (κ3) is 12.2. The van der Waals surface area contributed by atoms with Crippen LogP contribution in [0.25, 0.3) is 0 Å². The Bertz CT molecular complexity index is 206. The van der Waals surface area contributed by atoms with Crippen LogP contribution in [-0.2, 0) is 0 Å². The van der Waals surface area contributed by atoms with Gasteiger partial charge in [-0.05, 0) is 37.6 Å². The second-order valence-electron chi connectivity index (χ2n) is 6.26. The molecule has 0 aromatic carbocycles. The highest BCUT2D eigenvalue weighted by Crippen LogP contribution is 2.25. The van der Waals surface area contributed by atoms with Gasteiger partial charge in [-0.15, -0.1) is 0 Å². The molecule has 1 unspecified atom stereocenters. The van der Waals surface area contributed by atoms with Crippen LogP contribution in [0.1, 0.15) is 66.2 Å². The lowest BCUT2D eigenvalue weighted by atomic mass is 9.88. The van der Waals surface area contributed by atoms with Gasteiger partial charge in [0.15, 0.2) is 0 Å². The van der Waals surface area contributed by atoms with Crippen LogP contribution in [0, 0.1) is 5.41 Å². The van der Waals surface area contributed by atoms with Crippen molar-refractivity contribution in [2.75, 3.05) is 6.54 Å². The highest BCUT2D eigenvalue weighted by Gasteiger charge is 2.28. The molecular weight excluding hydrogens is 239 g/mol. The predicted molar refractivity (Wildman–Crippen MR) is 70.7 cm³/mol. The van der Waals surface area contributed by atoms with Crippen molar-refractivity contribution in [2.45, 2.75) is 78.4 Å². The topological polar surface area (TPSA) is 12.0 Å². The molecule has 0 fully saturated rings. The van der Waals surface area contributed by atoms with Crippen LogP contribution >= 0.6 is 0 Å². The Morgan fingerprint density at radius 1 is 1.00 bits per heavy atom. The second kappa shape index (κ2) is 8.03. The summed E-state index contributed by atoms with van der Waals surface area (Å²) in [4.78, 5) is 0. The lowest BCUT2D eigenvalue weighted by molar-refractivity contribution is -0.136. The van der Waals surface area contributed by atoms with Crippen molar-refractivity contribution in [1.29, 1.82) is 0 Å². The first kappa shape index (κ1) is 17.8. The fourth-order valence-corrected chi connectivity index (χ4v) is 1.91. The van der Waals surface area contributed by atoms with Gasteiger partial charge in [0, 0.05) is 12.5 Å². The van der Waals surface area contributed by atoms with E-state index in [-0.39, 0.29) is 17.9 Å². The molecule has 0 spiro atoms. The van der Waals surface area contributed by atoms with E-state index in [2.05, 4.69) is 26.1 Å². The molecule has 0 aliphatic heterocycles. The number of hydrogen-bond donors (Lipinski definition) is 1. The number of nitrogens with one attached hydrogen (secondary N) is 1. The molecule has 4 heteroatoms. The first-order chi connectivity index (χ1) is 8.14. The number of rotatable bonds is 8. The molecule has 0 radical (unpaired) electrons. The van der Waals surface area contributed by atoms with Gasteiger partial charge in [0.1, 0.15) is 0 Å². The smallest absolute Gasteiger partial charge is 0.314 e. The van der Waals surface area contributed by atoms with E-state index in [9.17, 15) is 13.2 Å². The zero-order valence-corrected chi connectivity index (χ0v) is 12.2. The molecule has 0 rings (SSSR count). The molecule has 0 heterocycles. The maximum atomic E-state index is 12.2. The van der Waals surface area contributed by atoms with Gasteiger partial charge in [0.05, 0.1) is 0 Å². The summed E-state index contributed by atoms with van der Waals surface area (Å²) in [5.41, 5.74) is 0.263. The molecule has 0 aliphatic carbocycles. The molecule has 0 bridgehead atoms. The van der Waals surface area contributed by atoms with Gasteiger partial charge in [0.2, 0.25) is 0 Å². The highest BCUT2D eigenvalue weighted by atomic mass is 19.4. The van der Waals surface area contributed by atoms with Crippen molar-refractivity contribution >= 4 is 0 Å². The first-order valence-electron chi connectivity index (χ1n) is 6.94. The minimum Gasteiger partial charge on any atom is -0.314 e. The zero-order chi connectivity index (χ0) is 14.2. The van der Waals surface area contributed by atoms with Gasteiger partial charge in [-0.2, -0.15) is 13.2 Å². The van der Waals surface area contributed by atoms with Crippen LogP contribution in [0.15, 0.2) is 0 Å². The van der Waals surface area contributed by atoms with E-state index in [1.165, 1.54) is 0 Å². The Labute approximate surface area is 110 Å². The van der Waals surface area contributed by atoms with Crippen LogP contribution < -0.4 is 5.32 Å². The number of hydrogen-bond acceptors (Lipinski definition) is 1. The van der Waals surface area contributed by atoms with Gasteiger partial charge in [-0.25, -0.2) is 0 Å². The Morgan fingerprint density at radius 2 is 1.61 bits per heavy atom. The first-order valence-corrected chi connectivity index (χ1v) is 6.94. The average Bonchev–Trinajstić information content (AvgIpc) is 2.18. The Morgan fingerprint density at radius 3 is 2.06 bits per heavy atom. The molecule has 0 aromatic heterocycles. The van der Waals surface area contributed by atoms with E-state index >= 15 is 0 Å². The van der Waals surface area contributed by atoms with E-state index in [0.717, 1.165) is 32.2 Å². The molecule has 0 amide bonds. The fraction of sp³-hybridized carbons (Fsp3) is 1.00. The Balaban J connectivity index is 3.99. The van der Waals surface area contributed by atoms with Gasteiger partial charge in [0.25, 0.3) is 0 Å². The summed E-state index contributed by atoms with van der Waals surface area (Å²) in [6.07, 6.45) is -0.658. The molecule has 0 saturated heterocycles. The maximum Gasteiger partial charge on any atom is 0.389 e. The quantitative estimate of drug-likeness (QED) is 0.658. The summed E-state index contributed by atoms with van der Waals surface area (Å²) in [5.74, 6) is 0. The summed E-state index contributed by atoms with van der Waals surface area (Å²) >= 11 is 0. The standard InChI is InChI=1S/C14H28F3N/c1-5-11-18-12(8-10-14(15,16)17)7-6-9-13(2,3)4/h12,18H,5-11H2,1-4H3. The summed E-state index contributed by atoms with van der Waals surface area (Å²) in [6, 6.07) is 0.00826. The lowest BCUT2D eigenvalue weighted by Gasteiger charge is -2.22. The second-order valence-corrected chi connectivity index (χ2v) is 6.26. The largest absolute Gasteiger partial charge is 0.389 e. The van der Waals surface area contributed by atoms with E-state index in [1.54, 1.807) is 0 Å².